The summed E-state index contributed by atoms with van der Waals surface area (Å²) >= 11 is 1.81. The summed E-state index contributed by atoms with van der Waals surface area (Å²) in [5.74, 6) is 1.97. The molecule has 4 heteroatoms. The third-order valence-electron chi connectivity index (χ3n) is 14.1. The predicted octanol–water partition coefficient (Wildman–Crippen LogP) is 14.5. The molecular weight excluding hydrogens is 783 g/mol. The largest absolute Gasteiger partial charge is 0.208 e. The zero-order valence-electron chi connectivity index (χ0n) is 34.8. The molecule has 0 unspecified atom stereocenters. The van der Waals surface area contributed by atoms with Crippen LogP contribution in [-0.2, 0) is 10.8 Å². The van der Waals surface area contributed by atoms with Crippen molar-refractivity contribution in [3.05, 3.63) is 256 Å². The molecule has 0 saturated heterocycles. The molecule has 2 heterocycles. The van der Waals surface area contributed by atoms with Gasteiger partial charge >= 0.3 is 0 Å². The Morgan fingerprint density at radius 2 is 0.905 bits per heavy atom. The molecule has 0 amide bonds. The minimum Gasteiger partial charge on any atom is -0.208 e. The lowest BCUT2D eigenvalue weighted by molar-refractivity contribution is 0.623. The van der Waals surface area contributed by atoms with Gasteiger partial charge in [-0.15, -0.1) is 11.3 Å². The predicted molar refractivity (Wildman–Crippen MR) is 260 cm³/mol. The number of hydrogen-bond donors (Lipinski definition) is 0. The molecule has 3 aliphatic rings. The first-order chi connectivity index (χ1) is 31.1. The Bertz CT molecular complexity index is 3510. The van der Waals surface area contributed by atoms with E-state index in [-0.39, 0.29) is 0 Å². The normalized spacial score (nSPS) is 15.1. The first-order valence-corrected chi connectivity index (χ1v) is 22.5. The van der Waals surface area contributed by atoms with Gasteiger partial charge in [0.25, 0.3) is 0 Å². The minimum absolute atomic E-state index is 0.490. The third kappa shape index (κ3) is 4.76. The Morgan fingerprint density at radius 3 is 1.52 bits per heavy atom. The second-order valence-electron chi connectivity index (χ2n) is 16.9. The van der Waals surface area contributed by atoms with Gasteiger partial charge in [-0.1, -0.05) is 188 Å². The van der Waals surface area contributed by atoms with E-state index in [4.69, 9.17) is 15.0 Å². The van der Waals surface area contributed by atoms with E-state index in [2.05, 4.69) is 196 Å². The number of nitrogens with zero attached hydrogens (tertiary/aromatic N) is 3. The van der Waals surface area contributed by atoms with Gasteiger partial charge in [0.05, 0.1) is 10.8 Å². The van der Waals surface area contributed by atoms with Crippen LogP contribution in [0, 0.1) is 0 Å². The first kappa shape index (κ1) is 36.2. The summed E-state index contributed by atoms with van der Waals surface area (Å²) in [6.07, 6.45) is 2.21. The van der Waals surface area contributed by atoms with E-state index in [1.807, 2.05) is 29.5 Å². The van der Waals surface area contributed by atoms with E-state index in [1.165, 1.54) is 81.4 Å². The molecule has 8 aromatic carbocycles. The van der Waals surface area contributed by atoms with E-state index in [1.54, 1.807) is 0 Å². The summed E-state index contributed by atoms with van der Waals surface area (Å²) in [6.45, 7) is 4.48. The van der Waals surface area contributed by atoms with Crippen molar-refractivity contribution in [1.29, 1.82) is 0 Å². The van der Waals surface area contributed by atoms with E-state index in [0.717, 1.165) is 22.3 Å². The summed E-state index contributed by atoms with van der Waals surface area (Å²) in [5.41, 5.74) is 17.3. The fourth-order valence-electron chi connectivity index (χ4n) is 11.6. The zero-order valence-corrected chi connectivity index (χ0v) is 35.6. The molecule has 63 heavy (non-hydrogen) atoms. The summed E-state index contributed by atoms with van der Waals surface area (Å²) < 4.78 is 2.49. The second-order valence-corrected chi connectivity index (χ2v) is 18.0. The van der Waals surface area contributed by atoms with Crippen molar-refractivity contribution in [2.75, 3.05) is 0 Å². The molecule has 0 fully saturated rings. The Morgan fingerprint density at radius 1 is 0.429 bits per heavy atom. The first-order valence-electron chi connectivity index (χ1n) is 21.7. The highest BCUT2D eigenvalue weighted by Gasteiger charge is 2.58. The molecule has 0 saturated carbocycles. The van der Waals surface area contributed by atoms with Crippen LogP contribution in [0.3, 0.4) is 0 Å². The maximum atomic E-state index is 5.42. The average molecular weight is 822 g/mol. The number of fused-ring (bicyclic) bond motifs is 16. The van der Waals surface area contributed by atoms with Crippen LogP contribution in [0.15, 0.2) is 206 Å². The lowest BCUT2D eigenvalue weighted by Crippen LogP contribution is -2.43. The summed E-state index contributed by atoms with van der Waals surface area (Å²) in [7, 11) is 0. The standard InChI is InChI=1S/C59H39N3S/c1-3-39(57-61-55(37-19-5-4-6-20-37)60-56(62-57)38-33-34-43-42-23-10-18-32-52(42)63-53(43)35-38)54-36(2)58(47-27-13-9-24-44(47)54)48-28-14-16-30-50(48)59(51-31-17-15-29-49(51)58)45-25-11-7-21-40(45)41-22-8-12-26-46(41)59/h3-35H,1-2H3/b39-3+. The maximum absolute atomic E-state index is 5.42. The number of hydrogen-bond acceptors (Lipinski definition) is 4. The molecule has 13 rings (SSSR count). The summed E-state index contributed by atoms with van der Waals surface area (Å²) in [4.78, 5) is 16.0. The SMILES string of the molecule is C/C=C(\C1=C(C)C2(c3ccccc31)c1ccccc1C1(c3ccccc3-c3ccccc31)c1ccccc12)c1nc(-c2ccccc2)nc(-c2ccc3c(c2)sc2ccccc23)n1. The van der Waals surface area contributed by atoms with Crippen molar-refractivity contribution in [3.8, 4) is 33.9 Å². The Balaban J connectivity index is 1.07. The number of allylic oxidation sites excluding steroid dienone is 4. The van der Waals surface area contributed by atoms with E-state index < -0.39 is 10.8 Å². The van der Waals surface area contributed by atoms with Crippen molar-refractivity contribution in [1.82, 2.24) is 15.0 Å². The van der Waals surface area contributed by atoms with Gasteiger partial charge in [-0.2, -0.15) is 0 Å². The molecule has 2 aromatic heterocycles. The monoisotopic (exact) mass is 821 g/mol. The molecule has 3 aliphatic carbocycles. The van der Waals surface area contributed by atoms with Gasteiger partial charge in [-0.3, -0.25) is 0 Å². The molecule has 2 spiro atoms. The number of rotatable bonds is 4. The molecule has 296 valence electrons. The fourth-order valence-corrected chi connectivity index (χ4v) is 12.8. The van der Waals surface area contributed by atoms with Gasteiger partial charge < -0.3 is 0 Å². The Hall–Kier alpha value is -7.53. The van der Waals surface area contributed by atoms with Crippen LogP contribution in [0.25, 0.3) is 65.2 Å². The van der Waals surface area contributed by atoms with Gasteiger partial charge in [-0.25, -0.2) is 15.0 Å². The van der Waals surface area contributed by atoms with Gasteiger partial charge in [0.2, 0.25) is 0 Å². The quantitative estimate of drug-likeness (QED) is 0.177. The van der Waals surface area contributed by atoms with Gasteiger partial charge in [0.15, 0.2) is 17.5 Å². The van der Waals surface area contributed by atoms with Crippen LogP contribution in [0.5, 0.6) is 0 Å². The zero-order chi connectivity index (χ0) is 41.9. The molecule has 0 bridgehead atoms. The van der Waals surface area contributed by atoms with Gasteiger partial charge in [-0.05, 0) is 92.8 Å². The molecule has 0 aliphatic heterocycles. The van der Waals surface area contributed by atoms with Crippen LogP contribution >= 0.6 is 11.3 Å². The Labute approximate surface area is 370 Å². The number of thiophene rings is 1. The molecule has 3 nitrogen and oxygen atoms in total. The van der Waals surface area contributed by atoms with Crippen LogP contribution < -0.4 is 0 Å². The summed E-state index contributed by atoms with van der Waals surface area (Å²) in [6, 6.07) is 71.2. The van der Waals surface area contributed by atoms with E-state index in [9.17, 15) is 0 Å². The molecule has 10 aromatic rings. The highest BCUT2D eigenvalue weighted by Crippen LogP contribution is 2.67. The summed E-state index contributed by atoms with van der Waals surface area (Å²) in [5, 5.41) is 2.52. The van der Waals surface area contributed by atoms with E-state index in [0.29, 0.717) is 17.5 Å². The molecule has 0 radical (unpaired) electrons. The highest BCUT2D eigenvalue weighted by atomic mass is 32.1. The average Bonchev–Trinajstić information content (AvgIpc) is 3.96. The van der Waals surface area contributed by atoms with Crippen molar-refractivity contribution >= 4 is 42.7 Å². The van der Waals surface area contributed by atoms with Crippen molar-refractivity contribution in [2.45, 2.75) is 24.7 Å². The van der Waals surface area contributed by atoms with Gasteiger partial charge in [0.1, 0.15) is 0 Å². The second kappa shape index (κ2) is 13.5. The lowest BCUT2D eigenvalue weighted by atomic mass is 9.52. The maximum Gasteiger partial charge on any atom is 0.164 e. The van der Waals surface area contributed by atoms with Crippen molar-refractivity contribution < 1.29 is 0 Å². The van der Waals surface area contributed by atoms with E-state index >= 15 is 0 Å². The Kier molecular flexibility index (Phi) is 7.74. The third-order valence-corrected chi connectivity index (χ3v) is 15.2. The van der Waals surface area contributed by atoms with Crippen LogP contribution in [0.1, 0.15) is 64.2 Å². The van der Waals surface area contributed by atoms with Crippen LogP contribution in [0.2, 0.25) is 0 Å². The van der Waals surface area contributed by atoms with Crippen LogP contribution in [0.4, 0.5) is 0 Å². The molecule has 0 N–H and O–H groups in total. The van der Waals surface area contributed by atoms with Gasteiger partial charge in [0, 0.05) is 36.9 Å². The topological polar surface area (TPSA) is 38.7 Å². The lowest BCUT2D eigenvalue weighted by Gasteiger charge is -2.49. The smallest absolute Gasteiger partial charge is 0.164 e. The fraction of sp³-hybridized carbons (Fsp3) is 0.0678. The number of aromatic nitrogens is 3. The van der Waals surface area contributed by atoms with Crippen molar-refractivity contribution in [3.63, 3.8) is 0 Å². The molecular formula is C59H39N3S. The molecule has 0 atom stereocenters. The number of benzene rings is 8. The van der Waals surface area contributed by atoms with Crippen LogP contribution in [-0.4, -0.2) is 15.0 Å². The van der Waals surface area contributed by atoms with Crippen molar-refractivity contribution in [2.24, 2.45) is 0 Å². The minimum atomic E-state index is -0.588. The highest BCUT2D eigenvalue weighted by molar-refractivity contribution is 7.25.